The Balaban J connectivity index is 2.25. The SMILES string of the molecule is O=[N+]([O-])c1cccc(Br)c1OCc1ccc(Br)cc1Cl. The number of benzene rings is 2. The standard InChI is InChI=1S/C13H8Br2ClNO3/c14-9-5-4-8(11(16)6-9)7-20-13-10(15)2-1-3-12(13)17(18)19/h1-6H,7H2. The second kappa shape index (κ2) is 6.56. The lowest BCUT2D eigenvalue weighted by molar-refractivity contribution is -0.386. The highest BCUT2D eigenvalue weighted by molar-refractivity contribution is 9.10. The van der Waals surface area contributed by atoms with E-state index in [1.54, 1.807) is 24.3 Å². The average molecular weight is 421 g/mol. The average Bonchev–Trinajstić information content (AvgIpc) is 2.38. The Hall–Kier alpha value is -1.11. The summed E-state index contributed by atoms with van der Waals surface area (Å²) in [7, 11) is 0. The summed E-state index contributed by atoms with van der Waals surface area (Å²) in [6.07, 6.45) is 0. The molecule has 0 saturated carbocycles. The van der Waals surface area contributed by atoms with Crippen LogP contribution in [0.25, 0.3) is 0 Å². The predicted molar refractivity (Wildman–Crippen MR) is 84.3 cm³/mol. The molecule has 0 fully saturated rings. The monoisotopic (exact) mass is 419 g/mol. The maximum Gasteiger partial charge on any atom is 0.312 e. The van der Waals surface area contributed by atoms with Gasteiger partial charge in [-0.2, -0.15) is 0 Å². The molecule has 104 valence electrons. The third kappa shape index (κ3) is 3.50. The summed E-state index contributed by atoms with van der Waals surface area (Å²) < 4.78 is 6.93. The first-order valence-electron chi connectivity index (χ1n) is 5.48. The van der Waals surface area contributed by atoms with Crippen LogP contribution in [-0.2, 0) is 6.61 Å². The summed E-state index contributed by atoms with van der Waals surface area (Å²) in [5.74, 6) is 0.191. The van der Waals surface area contributed by atoms with Crippen LogP contribution in [0.2, 0.25) is 5.02 Å². The number of ether oxygens (including phenoxy) is 1. The zero-order valence-electron chi connectivity index (χ0n) is 9.98. The molecule has 20 heavy (non-hydrogen) atoms. The Labute approximate surface area is 137 Å². The zero-order chi connectivity index (χ0) is 14.7. The third-order valence-electron chi connectivity index (χ3n) is 2.53. The van der Waals surface area contributed by atoms with E-state index in [-0.39, 0.29) is 18.0 Å². The highest BCUT2D eigenvalue weighted by atomic mass is 79.9. The van der Waals surface area contributed by atoms with E-state index in [9.17, 15) is 10.1 Å². The molecule has 0 heterocycles. The number of hydrogen-bond donors (Lipinski definition) is 0. The third-order valence-corrected chi connectivity index (χ3v) is 4.00. The summed E-state index contributed by atoms with van der Waals surface area (Å²) in [6, 6.07) is 10.0. The van der Waals surface area contributed by atoms with Crippen molar-refractivity contribution in [2.75, 3.05) is 0 Å². The Morgan fingerprint density at radius 2 is 2.00 bits per heavy atom. The van der Waals surface area contributed by atoms with Crippen LogP contribution in [0.4, 0.5) is 5.69 Å². The summed E-state index contributed by atoms with van der Waals surface area (Å²) in [4.78, 5) is 10.5. The fraction of sp³-hybridized carbons (Fsp3) is 0.0769. The summed E-state index contributed by atoms with van der Waals surface area (Å²) in [6.45, 7) is 0.148. The molecule has 0 amide bonds. The summed E-state index contributed by atoms with van der Waals surface area (Å²) in [5, 5.41) is 11.5. The Kier molecular flexibility index (Phi) is 5.01. The van der Waals surface area contributed by atoms with Gasteiger partial charge in [-0.05, 0) is 34.1 Å². The quantitative estimate of drug-likeness (QED) is 0.494. The first-order valence-corrected chi connectivity index (χ1v) is 7.45. The maximum absolute atomic E-state index is 11.0. The van der Waals surface area contributed by atoms with Crippen LogP contribution >= 0.6 is 43.5 Å². The van der Waals surface area contributed by atoms with Crippen molar-refractivity contribution in [3.05, 3.63) is 66.0 Å². The van der Waals surface area contributed by atoms with Crippen molar-refractivity contribution in [1.29, 1.82) is 0 Å². The lowest BCUT2D eigenvalue weighted by Crippen LogP contribution is -2.00. The largest absolute Gasteiger partial charge is 0.481 e. The number of hydrogen-bond acceptors (Lipinski definition) is 3. The molecule has 0 bridgehead atoms. The lowest BCUT2D eigenvalue weighted by atomic mass is 10.2. The fourth-order valence-corrected chi connectivity index (χ4v) is 2.77. The van der Waals surface area contributed by atoms with Gasteiger partial charge < -0.3 is 4.74 Å². The summed E-state index contributed by atoms with van der Waals surface area (Å²) in [5.41, 5.74) is 0.660. The molecular formula is C13H8Br2ClNO3. The van der Waals surface area contributed by atoms with Gasteiger partial charge in [0.1, 0.15) is 6.61 Å². The molecule has 4 nitrogen and oxygen atoms in total. The number of nitro benzene ring substituents is 1. The Morgan fingerprint density at radius 3 is 2.65 bits per heavy atom. The molecule has 0 atom stereocenters. The molecule has 0 N–H and O–H groups in total. The van der Waals surface area contributed by atoms with Gasteiger partial charge in [-0.25, -0.2) is 0 Å². The predicted octanol–water partition coefficient (Wildman–Crippen LogP) is 5.35. The van der Waals surface area contributed by atoms with Crippen molar-refractivity contribution in [3.8, 4) is 5.75 Å². The molecule has 0 aliphatic heterocycles. The number of para-hydroxylation sites is 1. The van der Waals surface area contributed by atoms with E-state index in [2.05, 4.69) is 31.9 Å². The van der Waals surface area contributed by atoms with Crippen LogP contribution in [0, 0.1) is 10.1 Å². The smallest absolute Gasteiger partial charge is 0.312 e. The molecule has 0 saturated heterocycles. The van der Waals surface area contributed by atoms with E-state index < -0.39 is 4.92 Å². The van der Waals surface area contributed by atoms with Crippen molar-refractivity contribution < 1.29 is 9.66 Å². The second-order valence-corrected chi connectivity index (χ2v) is 6.05. The van der Waals surface area contributed by atoms with Crippen LogP contribution in [0.5, 0.6) is 5.75 Å². The van der Waals surface area contributed by atoms with E-state index in [0.29, 0.717) is 9.50 Å². The van der Waals surface area contributed by atoms with Gasteiger partial charge in [0.2, 0.25) is 5.75 Å². The van der Waals surface area contributed by atoms with Crippen LogP contribution in [0.15, 0.2) is 45.3 Å². The van der Waals surface area contributed by atoms with E-state index >= 15 is 0 Å². The van der Waals surface area contributed by atoms with Gasteiger partial charge in [0.05, 0.1) is 9.40 Å². The van der Waals surface area contributed by atoms with Crippen LogP contribution < -0.4 is 4.74 Å². The molecule has 0 aliphatic carbocycles. The van der Waals surface area contributed by atoms with Gasteiger partial charge in [0.25, 0.3) is 0 Å². The number of halogens is 3. The fourth-order valence-electron chi connectivity index (χ4n) is 1.57. The van der Waals surface area contributed by atoms with Gasteiger partial charge in [-0.3, -0.25) is 10.1 Å². The molecule has 0 aliphatic rings. The number of rotatable bonds is 4. The van der Waals surface area contributed by atoms with Gasteiger partial charge in [-0.15, -0.1) is 0 Å². The van der Waals surface area contributed by atoms with E-state index in [0.717, 1.165) is 10.0 Å². The van der Waals surface area contributed by atoms with Crippen LogP contribution in [0.1, 0.15) is 5.56 Å². The molecule has 0 spiro atoms. The van der Waals surface area contributed by atoms with Gasteiger partial charge in [0, 0.05) is 21.1 Å². The van der Waals surface area contributed by atoms with Crippen molar-refractivity contribution in [2.24, 2.45) is 0 Å². The minimum absolute atomic E-state index is 0.0902. The highest BCUT2D eigenvalue weighted by Crippen LogP contribution is 2.35. The van der Waals surface area contributed by atoms with Crippen molar-refractivity contribution in [3.63, 3.8) is 0 Å². The Morgan fingerprint density at radius 1 is 1.25 bits per heavy atom. The van der Waals surface area contributed by atoms with Crippen LogP contribution in [-0.4, -0.2) is 4.92 Å². The zero-order valence-corrected chi connectivity index (χ0v) is 13.9. The van der Waals surface area contributed by atoms with E-state index in [1.807, 2.05) is 6.07 Å². The van der Waals surface area contributed by atoms with Crippen LogP contribution in [0.3, 0.4) is 0 Å². The summed E-state index contributed by atoms with van der Waals surface area (Å²) >= 11 is 12.6. The molecular weight excluding hydrogens is 413 g/mol. The molecule has 2 rings (SSSR count). The molecule has 0 unspecified atom stereocenters. The van der Waals surface area contributed by atoms with Crippen molar-refractivity contribution in [2.45, 2.75) is 6.61 Å². The van der Waals surface area contributed by atoms with Gasteiger partial charge >= 0.3 is 5.69 Å². The molecule has 0 radical (unpaired) electrons. The first-order chi connectivity index (χ1) is 9.49. The molecule has 2 aromatic carbocycles. The minimum Gasteiger partial charge on any atom is -0.481 e. The molecule has 7 heteroatoms. The highest BCUT2D eigenvalue weighted by Gasteiger charge is 2.18. The molecule has 2 aromatic rings. The minimum atomic E-state index is -0.483. The lowest BCUT2D eigenvalue weighted by Gasteiger charge is -2.10. The number of nitro groups is 1. The van der Waals surface area contributed by atoms with Gasteiger partial charge in [-0.1, -0.05) is 39.7 Å². The first kappa shape index (κ1) is 15.3. The van der Waals surface area contributed by atoms with Crippen molar-refractivity contribution >= 4 is 49.1 Å². The van der Waals surface area contributed by atoms with Gasteiger partial charge in [0.15, 0.2) is 0 Å². The number of nitrogens with zero attached hydrogens (tertiary/aromatic N) is 1. The van der Waals surface area contributed by atoms with E-state index in [4.69, 9.17) is 16.3 Å². The second-order valence-electron chi connectivity index (χ2n) is 3.87. The Bertz CT molecular complexity index is 664. The van der Waals surface area contributed by atoms with E-state index in [1.165, 1.54) is 6.07 Å². The molecule has 0 aromatic heterocycles. The topological polar surface area (TPSA) is 52.4 Å². The normalized spacial score (nSPS) is 10.3. The maximum atomic E-state index is 11.0. The van der Waals surface area contributed by atoms with Crippen molar-refractivity contribution in [1.82, 2.24) is 0 Å².